The van der Waals surface area contributed by atoms with Gasteiger partial charge in [-0.25, -0.2) is 4.39 Å². The zero-order valence-electron chi connectivity index (χ0n) is 14.2. The van der Waals surface area contributed by atoms with Crippen molar-refractivity contribution in [1.82, 2.24) is 15.0 Å². The van der Waals surface area contributed by atoms with Crippen molar-refractivity contribution in [3.8, 4) is 0 Å². The molecule has 27 heavy (non-hydrogen) atoms. The van der Waals surface area contributed by atoms with Crippen molar-refractivity contribution in [2.24, 2.45) is 0 Å². The van der Waals surface area contributed by atoms with E-state index in [-0.39, 0.29) is 17.6 Å². The Bertz CT molecular complexity index is 925. The molecule has 138 valence electrons. The Balaban J connectivity index is 1.54. The van der Waals surface area contributed by atoms with E-state index in [2.05, 4.69) is 25.6 Å². The first-order chi connectivity index (χ1) is 13.1. The number of hydrogen-bond acceptors (Lipinski definition) is 7. The molecule has 0 saturated heterocycles. The van der Waals surface area contributed by atoms with Crippen molar-refractivity contribution in [2.75, 3.05) is 22.1 Å². The lowest BCUT2D eigenvalue weighted by atomic mass is 10.3. The molecule has 3 rings (SSSR count). The van der Waals surface area contributed by atoms with E-state index in [0.29, 0.717) is 23.2 Å². The largest absolute Gasteiger partial charge is 0.368 e. The average molecular weight is 384 g/mol. The van der Waals surface area contributed by atoms with Crippen molar-refractivity contribution in [3.63, 3.8) is 0 Å². The van der Waals surface area contributed by atoms with E-state index < -0.39 is 5.82 Å². The maximum atomic E-state index is 13.1. The number of hydrogen-bond donors (Lipinski definition) is 3. The summed E-state index contributed by atoms with van der Waals surface area (Å²) < 4.78 is 13.1. The number of nitrogen functional groups attached to an aromatic ring is 1. The predicted molar refractivity (Wildman–Crippen MR) is 105 cm³/mol. The highest BCUT2D eigenvalue weighted by Gasteiger charge is 2.08. The minimum Gasteiger partial charge on any atom is -0.368 e. The Kier molecular flexibility index (Phi) is 6.16. The number of carbonyl (C=O) groups is 1. The molecule has 9 heteroatoms. The molecule has 0 bridgehead atoms. The van der Waals surface area contributed by atoms with Gasteiger partial charge >= 0.3 is 0 Å². The minimum absolute atomic E-state index is 0.100. The Labute approximate surface area is 159 Å². The zero-order valence-corrected chi connectivity index (χ0v) is 15.0. The molecule has 0 aliphatic rings. The van der Waals surface area contributed by atoms with E-state index in [9.17, 15) is 9.18 Å². The van der Waals surface area contributed by atoms with Gasteiger partial charge in [0, 0.05) is 11.4 Å². The van der Waals surface area contributed by atoms with Gasteiger partial charge in [0.2, 0.25) is 17.8 Å². The molecule has 0 atom stereocenters. The molecule has 0 aliphatic carbocycles. The fraction of sp³-hybridized carbons (Fsp3) is 0.111. The second-order valence-electron chi connectivity index (χ2n) is 5.48. The molecule has 0 unspecified atom stereocenters. The molecule has 0 spiro atoms. The molecule has 1 heterocycles. The Morgan fingerprint density at radius 2 is 1.81 bits per heavy atom. The minimum atomic E-state index is -0.403. The first-order valence-electron chi connectivity index (χ1n) is 8.04. The average Bonchev–Trinajstić information content (AvgIpc) is 2.62. The van der Waals surface area contributed by atoms with Gasteiger partial charge in [-0.3, -0.25) is 4.79 Å². The number of anilines is 4. The highest BCUT2D eigenvalue weighted by molar-refractivity contribution is 7.99. The number of benzene rings is 2. The van der Waals surface area contributed by atoms with Gasteiger partial charge < -0.3 is 16.4 Å². The number of nitrogens with two attached hydrogens (primary N) is 1. The predicted octanol–water partition coefficient (Wildman–Crippen LogP) is 3.21. The number of nitrogens with one attached hydrogen (secondary N) is 2. The van der Waals surface area contributed by atoms with Crippen LogP contribution in [0, 0.1) is 5.82 Å². The third kappa shape index (κ3) is 5.93. The number of rotatable bonds is 7. The molecule has 0 saturated carbocycles. The van der Waals surface area contributed by atoms with E-state index in [4.69, 9.17) is 5.73 Å². The Morgan fingerprint density at radius 1 is 1.04 bits per heavy atom. The summed E-state index contributed by atoms with van der Waals surface area (Å²) in [5.41, 5.74) is 6.98. The van der Waals surface area contributed by atoms with Gasteiger partial charge in [0.15, 0.2) is 0 Å². The standard InChI is InChI=1S/C18H17FN6OS/c19-12-5-4-8-14(9-12)21-16(26)11-27-10-15-23-17(20)25-18(24-15)22-13-6-2-1-3-7-13/h1-9H,10-11H2,(H,21,26)(H3,20,22,23,24,25). The van der Waals surface area contributed by atoms with Crippen molar-refractivity contribution >= 4 is 40.9 Å². The number of thioether (sulfide) groups is 1. The first-order valence-corrected chi connectivity index (χ1v) is 9.19. The summed E-state index contributed by atoms with van der Waals surface area (Å²) in [6, 6.07) is 15.2. The van der Waals surface area contributed by atoms with Crippen LogP contribution in [-0.4, -0.2) is 26.6 Å². The van der Waals surface area contributed by atoms with Crippen molar-refractivity contribution < 1.29 is 9.18 Å². The van der Waals surface area contributed by atoms with Crippen LogP contribution >= 0.6 is 11.8 Å². The maximum absolute atomic E-state index is 13.1. The van der Waals surface area contributed by atoms with E-state index in [0.717, 1.165) is 5.69 Å². The lowest BCUT2D eigenvalue weighted by Crippen LogP contribution is -2.14. The molecule has 7 nitrogen and oxygen atoms in total. The molecule has 0 aliphatic heterocycles. The molecular weight excluding hydrogens is 367 g/mol. The van der Waals surface area contributed by atoms with Crippen LogP contribution in [0.25, 0.3) is 0 Å². The molecule has 4 N–H and O–H groups in total. The van der Waals surface area contributed by atoms with Gasteiger partial charge in [-0.2, -0.15) is 15.0 Å². The summed E-state index contributed by atoms with van der Waals surface area (Å²) in [4.78, 5) is 24.4. The third-order valence-corrected chi connectivity index (χ3v) is 4.23. The van der Waals surface area contributed by atoms with E-state index >= 15 is 0 Å². The van der Waals surface area contributed by atoms with Crippen LogP contribution in [0.3, 0.4) is 0 Å². The van der Waals surface area contributed by atoms with Gasteiger partial charge in [0.05, 0.1) is 11.5 Å². The van der Waals surface area contributed by atoms with Crippen molar-refractivity contribution in [2.45, 2.75) is 5.75 Å². The zero-order chi connectivity index (χ0) is 19.1. The molecule has 2 aromatic carbocycles. The molecular formula is C18H17FN6OS. The van der Waals surface area contributed by atoms with E-state index in [1.54, 1.807) is 6.07 Å². The smallest absolute Gasteiger partial charge is 0.234 e. The summed E-state index contributed by atoms with van der Waals surface area (Å²) in [7, 11) is 0. The van der Waals surface area contributed by atoms with Crippen LogP contribution in [0.15, 0.2) is 54.6 Å². The normalized spacial score (nSPS) is 10.4. The second kappa shape index (κ2) is 8.95. The topological polar surface area (TPSA) is 106 Å². The van der Waals surface area contributed by atoms with Crippen molar-refractivity contribution in [3.05, 3.63) is 66.2 Å². The van der Waals surface area contributed by atoms with Crippen LogP contribution in [0.2, 0.25) is 0 Å². The second-order valence-corrected chi connectivity index (χ2v) is 6.46. The molecule has 3 aromatic rings. The Hall–Kier alpha value is -3.20. The summed E-state index contributed by atoms with van der Waals surface area (Å²) in [5.74, 6) is 0.812. The fourth-order valence-electron chi connectivity index (χ4n) is 2.21. The van der Waals surface area contributed by atoms with Crippen LogP contribution in [0.4, 0.5) is 27.7 Å². The highest BCUT2D eigenvalue weighted by atomic mass is 32.2. The first kappa shape index (κ1) is 18.6. The van der Waals surface area contributed by atoms with Crippen LogP contribution < -0.4 is 16.4 Å². The number of aromatic nitrogens is 3. The summed E-state index contributed by atoms with van der Waals surface area (Å²) in [6.07, 6.45) is 0. The van der Waals surface area contributed by atoms with Gasteiger partial charge in [-0.1, -0.05) is 24.3 Å². The Morgan fingerprint density at radius 3 is 2.59 bits per heavy atom. The molecule has 0 fully saturated rings. The summed E-state index contributed by atoms with van der Waals surface area (Å²) in [6.45, 7) is 0. The van der Waals surface area contributed by atoms with Crippen molar-refractivity contribution in [1.29, 1.82) is 0 Å². The maximum Gasteiger partial charge on any atom is 0.234 e. The molecule has 1 aromatic heterocycles. The third-order valence-electron chi connectivity index (χ3n) is 3.30. The molecule has 0 radical (unpaired) electrons. The monoisotopic (exact) mass is 384 g/mol. The van der Waals surface area contributed by atoms with E-state index in [1.165, 1.54) is 30.0 Å². The van der Waals surface area contributed by atoms with Crippen LogP contribution in [0.1, 0.15) is 5.82 Å². The van der Waals surface area contributed by atoms with Gasteiger partial charge in [0.25, 0.3) is 0 Å². The fourth-order valence-corrected chi connectivity index (χ4v) is 2.88. The number of carbonyl (C=O) groups excluding carboxylic acids is 1. The van der Waals surface area contributed by atoms with Gasteiger partial charge in [-0.15, -0.1) is 11.8 Å². The van der Waals surface area contributed by atoms with E-state index in [1.807, 2.05) is 30.3 Å². The SMILES string of the molecule is Nc1nc(CSCC(=O)Nc2cccc(F)c2)nc(Nc2ccccc2)n1. The quantitative estimate of drug-likeness (QED) is 0.574. The van der Waals surface area contributed by atoms with Gasteiger partial charge in [0.1, 0.15) is 11.6 Å². The molecule has 1 amide bonds. The lowest BCUT2D eigenvalue weighted by Gasteiger charge is -2.07. The number of para-hydroxylation sites is 1. The number of halogens is 1. The van der Waals surface area contributed by atoms with Gasteiger partial charge in [-0.05, 0) is 30.3 Å². The summed E-state index contributed by atoms with van der Waals surface area (Å²) >= 11 is 1.32. The lowest BCUT2D eigenvalue weighted by molar-refractivity contribution is -0.113. The number of nitrogens with zero attached hydrogens (tertiary/aromatic N) is 3. The summed E-state index contributed by atoms with van der Waals surface area (Å²) in [5, 5.41) is 5.69. The van der Waals surface area contributed by atoms with Crippen LogP contribution in [0.5, 0.6) is 0 Å². The number of amides is 1. The van der Waals surface area contributed by atoms with Crippen LogP contribution in [-0.2, 0) is 10.5 Å². The highest BCUT2D eigenvalue weighted by Crippen LogP contribution is 2.16.